The highest BCUT2D eigenvalue weighted by molar-refractivity contribution is 7.89. The molecule has 0 amide bonds. The summed E-state index contributed by atoms with van der Waals surface area (Å²) in [4.78, 5) is 16.1. The zero-order valence-corrected chi connectivity index (χ0v) is 32.5. The summed E-state index contributed by atoms with van der Waals surface area (Å²) in [6.07, 6.45) is 4.00. The Balaban J connectivity index is 1.36. The van der Waals surface area contributed by atoms with Crippen LogP contribution in [0.25, 0.3) is 10.9 Å². The lowest BCUT2D eigenvalue weighted by Gasteiger charge is -2.43. The number of ether oxygens (including phenoxy) is 4. The number of carboxylic acid groups (broad SMARTS) is 1. The molecule has 1 aromatic heterocycles. The van der Waals surface area contributed by atoms with Gasteiger partial charge < -0.3 is 24.1 Å². The first-order valence-corrected chi connectivity index (χ1v) is 19.9. The smallest absolute Gasteiger partial charge is 0.341 e. The fourth-order valence-corrected chi connectivity index (χ4v) is 8.67. The third kappa shape index (κ3) is 9.02. The Morgan fingerprint density at radius 3 is 2.49 bits per heavy atom. The van der Waals surface area contributed by atoms with Crippen LogP contribution in [-0.4, -0.2) is 55.7 Å². The molecule has 0 aliphatic carbocycles. The van der Waals surface area contributed by atoms with Crippen LogP contribution in [0.4, 0.5) is 0 Å². The minimum absolute atomic E-state index is 0.0757. The van der Waals surface area contributed by atoms with Gasteiger partial charge in [-0.1, -0.05) is 74.4 Å². The molecule has 6 rings (SSSR count). The van der Waals surface area contributed by atoms with Crippen LogP contribution in [0.1, 0.15) is 68.2 Å². The molecule has 4 aromatic carbocycles. The van der Waals surface area contributed by atoms with E-state index in [-0.39, 0.29) is 35.1 Å². The fourth-order valence-electron chi connectivity index (χ4n) is 7.33. The van der Waals surface area contributed by atoms with Gasteiger partial charge in [0.25, 0.3) is 0 Å². The van der Waals surface area contributed by atoms with E-state index in [1.807, 2.05) is 79.7 Å². The zero-order valence-electron chi connectivity index (χ0n) is 31.7. The second-order valence-corrected chi connectivity index (χ2v) is 16.0. The molecule has 10 nitrogen and oxygen atoms in total. The molecule has 288 valence electrons. The van der Waals surface area contributed by atoms with Crippen molar-refractivity contribution in [3.63, 3.8) is 0 Å². The molecule has 0 radical (unpaired) electrons. The maximum absolute atomic E-state index is 14.4. The number of unbranched alkanes of at least 4 members (excludes halogenated alkanes) is 1. The average Bonchev–Trinajstić information content (AvgIpc) is 3.19. The first-order chi connectivity index (χ1) is 26.5. The highest BCUT2D eigenvalue weighted by atomic mass is 32.2. The van der Waals surface area contributed by atoms with Crippen LogP contribution in [-0.2, 0) is 26.1 Å². The van der Waals surface area contributed by atoms with E-state index < -0.39 is 28.7 Å². The van der Waals surface area contributed by atoms with Crippen LogP contribution < -0.4 is 14.2 Å². The van der Waals surface area contributed by atoms with Gasteiger partial charge in [0.1, 0.15) is 27.9 Å². The molecule has 2 heterocycles. The van der Waals surface area contributed by atoms with Crippen LogP contribution >= 0.6 is 0 Å². The predicted molar refractivity (Wildman–Crippen MR) is 212 cm³/mol. The SMILES string of the molecule is C=C(C)[C@@H]1C[C@@H](c2ccc(OC)c(S(=O)(=O)N(C)Cc3cccc4ncccc34)c2)[C@@H](CCCC)O[C@H]1c1cc(Oc2ccccc2)ccc1OCC(=O)O. The number of pyridine rings is 1. The number of methoxy groups -OCH3 is 1. The number of sulfonamides is 1. The van der Waals surface area contributed by atoms with Crippen molar-refractivity contribution in [1.82, 2.24) is 9.29 Å². The molecular formula is C44H48N2O8S. The molecule has 55 heavy (non-hydrogen) atoms. The molecule has 1 aliphatic heterocycles. The normalized spacial score (nSPS) is 18.6. The first kappa shape index (κ1) is 39.5. The van der Waals surface area contributed by atoms with E-state index in [2.05, 4.69) is 18.5 Å². The molecule has 1 fully saturated rings. The van der Waals surface area contributed by atoms with E-state index in [9.17, 15) is 18.3 Å². The van der Waals surface area contributed by atoms with Crippen LogP contribution in [0.2, 0.25) is 0 Å². The summed E-state index contributed by atoms with van der Waals surface area (Å²) >= 11 is 0. The molecule has 1 N–H and O–H groups in total. The van der Waals surface area contributed by atoms with Crippen molar-refractivity contribution in [2.75, 3.05) is 20.8 Å². The largest absolute Gasteiger partial charge is 0.495 e. The number of carboxylic acids is 1. The van der Waals surface area contributed by atoms with Crippen LogP contribution in [0.3, 0.4) is 0 Å². The number of aromatic nitrogens is 1. The average molecular weight is 765 g/mol. The predicted octanol–water partition coefficient (Wildman–Crippen LogP) is 9.32. The van der Waals surface area contributed by atoms with Gasteiger partial charge in [0, 0.05) is 42.6 Å². The summed E-state index contributed by atoms with van der Waals surface area (Å²) in [6.45, 7) is 8.05. The maximum atomic E-state index is 14.4. The second kappa shape index (κ2) is 17.5. The highest BCUT2D eigenvalue weighted by Gasteiger charge is 2.41. The van der Waals surface area contributed by atoms with E-state index in [4.69, 9.17) is 18.9 Å². The van der Waals surface area contributed by atoms with Gasteiger partial charge in [-0.2, -0.15) is 4.31 Å². The standard InChI is InChI=1S/C44H48N2O8S/c1-6-7-18-40-36(30-19-21-41(51-5)42(24-30)55(49,50)46(4)27-31-13-11-17-38-34(31)16-12-23-45-38)26-35(29(2)3)44(54-40)37-25-33(53-32-14-9-8-10-15-32)20-22-39(37)52-28-43(47)48/h8-17,19-25,35-36,40,44H,2,6-7,18,26-28H2,1,3-5H3,(H,47,48)/t35-,36-,40+,44+/m0/s1. The second-order valence-electron chi connectivity index (χ2n) is 14.0. The van der Waals surface area contributed by atoms with Gasteiger partial charge in [0.2, 0.25) is 10.0 Å². The molecule has 5 aromatic rings. The number of hydrogen-bond donors (Lipinski definition) is 1. The van der Waals surface area contributed by atoms with E-state index in [1.165, 1.54) is 11.4 Å². The van der Waals surface area contributed by atoms with Gasteiger partial charge in [-0.05, 0) is 85.5 Å². The van der Waals surface area contributed by atoms with Gasteiger partial charge >= 0.3 is 5.97 Å². The number of nitrogens with zero attached hydrogens (tertiary/aromatic N) is 2. The number of aliphatic carboxylic acids is 1. The first-order valence-electron chi connectivity index (χ1n) is 18.5. The minimum atomic E-state index is -4.03. The van der Waals surface area contributed by atoms with Crippen LogP contribution in [0.5, 0.6) is 23.0 Å². The summed E-state index contributed by atoms with van der Waals surface area (Å²) in [7, 11) is -0.979. The Morgan fingerprint density at radius 2 is 1.76 bits per heavy atom. The zero-order chi connectivity index (χ0) is 39.1. The molecule has 11 heteroatoms. The Hall–Kier alpha value is -5.23. The maximum Gasteiger partial charge on any atom is 0.341 e. The lowest BCUT2D eigenvalue weighted by molar-refractivity contribution is -0.139. The summed E-state index contributed by atoms with van der Waals surface area (Å²) in [5, 5.41) is 10.4. The third-order valence-corrected chi connectivity index (χ3v) is 12.0. The van der Waals surface area contributed by atoms with E-state index in [0.717, 1.165) is 46.9 Å². The van der Waals surface area contributed by atoms with Gasteiger partial charge in [0.15, 0.2) is 6.61 Å². The van der Waals surface area contributed by atoms with Crippen molar-refractivity contribution in [1.29, 1.82) is 0 Å². The van der Waals surface area contributed by atoms with Gasteiger partial charge in [-0.3, -0.25) is 4.98 Å². The van der Waals surface area contributed by atoms with Crippen molar-refractivity contribution < 1.29 is 37.3 Å². The Bertz CT molecular complexity index is 2240. The summed E-state index contributed by atoms with van der Waals surface area (Å²) in [5.41, 5.74) is 3.98. The van der Waals surface area contributed by atoms with Crippen molar-refractivity contribution in [3.8, 4) is 23.0 Å². The quantitative estimate of drug-likeness (QED) is 0.0979. The molecular weight excluding hydrogens is 717 g/mol. The van der Waals surface area contributed by atoms with Crippen molar-refractivity contribution in [3.05, 3.63) is 132 Å². The van der Waals surface area contributed by atoms with Gasteiger partial charge in [-0.15, -0.1) is 0 Å². The molecule has 0 bridgehead atoms. The lowest BCUT2D eigenvalue weighted by atomic mass is 9.74. The monoisotopic (exact) mass is 764 g/mol. The van der Waals surface area contributed by atoms with Crippen LogP contribution in [0.15, 0.2) is 120 Å². The number of hydrogen-bond acceptors (Lipinski definition) is 8. The summed E-state index contributed by atoms with van der Waals surface area (Å²) < 4.78 is 54.8. The van der Waals surface area contributed by atoms with Gasteiger partial charge in [0.05, 0.1) is 24.8 Å². The van der Waals surface area contributed by atoms with E-state index in [0.29, 0.717) is 29.2 Å². The highest BCUT2D eigenvalue weighted by Crippen LogP contribution is 2.50. The molecule has 1 aliphatic rings. The summed E-state index contributed by atoms with van der Waals surface area (Å²) in [5.74, 6) is 0.324. The van der Waals surface area contributed by atoms with Crippen LogP contribution in [0, 0.1) is 5.92 Å². The van der Waals surface area contributed by atoms with E-state index in [1.54, 1.807) is 37.5 Å². The Labute approximate surface area is 323 Å². The van der Waals surface area contributed by atoms with E-state index >= 15 is 0 Å². The number of fused-ring (bicyclic) bond motifs is 1. The topological polar surface area (TPSA) is 124 Å². The Kier molecular flexibility index (Phi) is 12.5. The molecule has 0 spiro atoms. The number of rotatable bonds is 16. The molecule has 4 atom stereocenters. The minimum Gasteiger partial charge on any atom is -0.495 e. The lowest BCUT2D eigenvalue weighted by Crippen LogP contribution is -2.36. The fraction of sp³-hybridized carbons (Fsp3) is 0.318. The number of para-hydroxylation sites is 1. The molecule has 1 saturated heterocycles. The third-order valence-electron chi connectivity index (χ3n) is 10.2. The van der Waals surface area contributed by atoms with Gasteiger partial charge in [-0.25, -0.2) is 13.2 Å². The van der Waals surface area contributed by atoms with Crippen molar-refractivity contribution >= 4 is 26.9 Å². The molecule has 0 saturated carbocycles. The summed E-state index contributed by atoms with van der Waals surface area (Å²) in [6, 6.07) is 29.6. The van der Waals surface area contributed by atoms with Crippen molar-refractivity contribution in [2.45, 2.75) is 69.1 Å². The number of benzene rings is 4. The van der Waals surface area contributed by atoms with Crippen molar-refractivity contribution in [2.24, 2.45) is 5.92 Å². The molecule has 0 unspecified atom stereocenters. The number of carbonyl (C=O) groups is 1. The Morgan fingerprint density at radius 1 is 0.982 bits per heavy atom.